The van der Waals surface area contributed by atoms with Crippen LogP contribution in [0.15, 0.2) is 53.7 Å². The number of carbonyl (C=O) groups excluding carboxylic acids is 1. The van der Waals surface area contributed by atoms with E-state index in [0.717, 1.165) is 24.1 Å². The van der Waals surface area contributed by atoms with Crippen LogP contribution in [0.4, 0.5) is 0 Å². The van der Waals surface area contributed by atoms with E-state index in [9.17, 15) is 4.79 Å². The Bertz CT molecular complexity index is 845. The Labute approximate surface area is 212 Å². The first-order chi connectivity index (χ1) is 15.2. The lowest BCUT2D eigenvalue weighted by Crippen LogP contribution is -2.44. The van der Waals surface area contributed by atoms with Crippen molar-refractivity contribution in [3.8, 4) is 0 Å². The Balaban J connectivity index is 0.00000363. The zero-order chi connectivity index (χ0) is 21.9. The quantitative estimate of drug-likeness (QED) is 0.220. The fourth-order valence-corrected chi connectivity index (χ4v) is 3.53. The number of ether oxygens (including phenoxy) is 1. The molecule has 1 unspecified atom stereocenters. The van der Waals surface area contributed by atoms with Crippen LogP contribution in [0.2, 0.25) is 5.15 Å². The molecule has 0 aliphatic carbocycles. The number of morpholine rings is 1. The summed E-state index contributed by atoms with van der Waals surface area (Å²) in [5, 5.41) is 7.09. The van der Waals surface area contributed by atoms with Gasteiger partial charge in [-0.05, 0) is 30.5 Å². The van der Waals surface area contributed by atoms with E-state index in [1.807, 2.05) is 48.2 Å². The zero-order valence-corrected chi connectivity index (χ0v) is 21.4. The lowest BCUT2D eigenvalue weighted by atomic mass is 9.97. The molecule has 1 fully saturated rings. The molecule has 1 aromatic carbocycles. The van der Waals surface area contributed by atoms with E-state index in [-0.39, 0.29) is 35.8 Å². The van der Waals surface area contributed by atoms with Crippen LogP contribution < -0.4 is 10.6 Å². The Morgan fingerprint density at radius 1 is 1.19 bits per heavy atom. The highest BCUT2D eigenvalue weighted by atomic mass is 127. The Morgan fingerprint density at radius 2 is 1.94 bits per heavy atom. The van der Waals surface area contributed by atoms with Gasteiger partial charge in [-0.25, -0.2) is 4.98 Å². The number of aliphatic imine (C=N–C) groups is 1. The molecule has 0 bridgehead atoms. The molecule has 1 amide bonds. The number of carbonyl (C=O) groups is 1. The predicted octanol–water partition coefficient (Wildman–Crippen LogP) is 3.09. The number of halogens is 2. The van der Waals surface area contributed by atoms with Crippen molar-refractivity contribution >= 4 is 47.4 Å². The van der Waals surface area contributed by atoms with Crippen molar-refractivity contribution in [2.24, 2.45) is 4.99 Å². The maximum absolute atomic E-state index is 13.2. The summed E-state index contributed by atoms with van der Waals surface area (Å²) in [5.74, 6) is 0.469. The third kappa shape index (κ3) is 8.22. The summed E-state index contributed by atoms with van der Waals surface area (Å²) in [7, 11) is 0. The second-order valence-electron chi connectivity index (χ2n) is 7.29. The monoisotopic (exact) mass is 571 g/mol. The van der Waals surface area contributed by atoms with Crippen LogP contribution in [0.1, 0.15) is 24.0 Å². The van der Waals surface area contributed by atoms with Gasteiger partial charge in [0.25, 0.3) is 0 Å². The zero-order valence-electron chi connectivity index (χ0n) is 18.3. The van der Waals surface area contributed by atoms with Crippen molar-refractivity contribution in [1.29, 1.82) is 0 Å². The highest BCUT2D eigenvalue weighted by Crippen LogP contribution is 2.20. The van der Waals surface area contributed by atoms with Crippen molar-refractivity contribution in [3.63, 3.8) is 0 Å². The van der Waals surface area contributed by atoms with Crippen LogP contribution in [0, 0.1) is 0 Å². The van der Waals surface area contributed by atoms with Crippen molar-refractivity contribution in [1.82, 2.24) is 20.5 Å². The molecular formula is C23H31ClIN5O2. The topological polar surface area (TPSA) is 78.9 Å². The molecule has 1 saturated heterocycles. The van der Waals surface area contributed by atoms with Crippen LogP contribution in [-0.4, -0.2) is 67.7 Å². The number of hydrogen-bond acceptors (Lipinski definition) is 4. The first kappa shape index (κ1) is 26.3. The lowest BCUT2D eigenvalue weighted by molar-refractivity contribution is -0.136. The molecule has 1 atom stereocenters. The number of guanidine groups is 1. The summed E-state index contributed by atoms with van der Waals surface area (Å²) < 4.78 is 5.40. The molecule has 0 spiro atoms. The van der Waals surface area contributed by atoms with Crippen molar-refractivity contribution in [2.75, 3.05) is 45.9 Å². The SMILES string of the molecule is CCNC(=NCC(C(=O)N1CCOCC1)c1ccccc1)NCCc1ccc(Cl)nc1.I. The average Bonchev–Trinajstić information content (AvgIpc) is 2.81. The molecule has 174 valence electrons. The van der Waals surface area contributed by atoms with E-state index >= 15 is 0 Å². The second kappa shape index (κ2) is 14.3. The number of nitrogens with one attached hydrogen (secondary N) is 2. The number of benzene rings is 1. The predicted molar refractivity (Wildman–Crippen MR) is 139 cm³/mol. The standard InChI is InChI=1S/C23H30ClN5O2.HI/c1-2-25-23(26-11-10-18-8-9-21(24)27-16-18)28-17-20(19-6-4-3-5-7-19)22(30)29-12-14-31-15-13-29;/h3-9,16,20H,2,10-15,17H2,1H3,(H2,25,26,28);1H. The molecule has 0 saturated carbocycles. The van der Waals surface area contributed by atoms with Gasteiger partial charge in [0.15, 0.2) is 5.96 Å². The number of amides is 1. The van der Waals surface area contributed by atoms with Crippen LogP contribution >= 0.6 is 35.6 Å². The first-order valence-corrected chi connectivity index (χ1v) is 11.1. The molecular weight excluding hydrogens is 541 g/mol. The normalized spacial score (nSPS) is 14.9. The summed E-state index contributed by atoms with van der Waals surface area (Å²) in [4.78, 5) is 24.0. The van der Waals surface area contributed by atoms with Crippen LogP contribution in [0.25, 0.3) is 0 Å². The van der Waals surface area contributed by atoms with E-state index in [0.29, 0.717) is 50.5 Å². The smallest absolute Gasteiger partial charge is 0.232 e. The number of rotatable bonds is 8. The minimum Gasteiger partial charge on any atom is -0.378 e. The maximum Gasteiger partial charge on any atom is 0.232 e. The van der Waals surface area contributed by atoms with Crippen LogP contribution in [0.5, 0.6) is 0 Å². The fraction of sp³-hybridized carbons (Fsp3) is 0.435. The van der Waals surface area contributed by atoms with E-state index in [1.54, 1.807) is 12.3 Å². The minimum atomic E-state index is -0.324. The highest BCUT2D eigenvalue weighted by Gasteiger charge is 2.27. The van der Waals surface area contributed by atoms with Crippen molar-refractivity contribution in [3.05, 3.63) is 64.9 Å². The molecule has 32 heavy (non-hydrogen) atoms. The Morgan fingerprint density at radius 3 is 2.59 bits per heavy atom. The first-order valence-electron chi connectivity index (χ1n) is 10.7. The molecule has 3 rings (SSSR count). The van der Waals surface area contributed by atoms with Gasteiger partial charge in [-0.2, -0.15) is 0 Å². The lowest BCUT2D eigenvalue weighted by Gasteiger charge is -2.30. The van der Waals surface area contributed by atoms with Gasteiger partial charge >= 0.3 is 0 Å². The summed E-state index contributed by atoms with van der Waals surface area (Å²) in [6.45, 7) is 6.25. The van der Waals surface area contributed by atoms with E-state index < -0.39 is 0 Å². The van der Waals surface area contributed by atoms with Gasteiger partial charge in [-0.3, -0.25) is 9.79 Å². The Hall–Kier alpha value is -1.91. The highest BCUT2D eigenvalue weighted by molar-refractivity contribution is 14.0. The molecule has 7 nitrogen and oxygen atoms in total. The van der Waals surface area contributed by atoms with Gasteiger partial charge in [0, 0.05) is 32.4 Å². The van der Waals surface area contributed by atoms with E-state index in [2.05, 4.69) is 15.6 Å². The van der Waals surface area contributed by atoms with E-state index in [1.165, 1.54) is 0 Å². The summed E-state index contributed by atoms with van der Waals surface area (Å²) >= 11 is 5.85. The number of pyridine rings is 1. The van der Waals surface area contributed by atoms with Gasteiger partial charge in [0.1, 0.15) is 5.15 Å². The van der Waals surface area contributed by atoms with Gasteiger partial charge < -0.3 is 20.3 Å². The number of aromatic nitrogens is 1. The van der Waals surface area contributed by atoms with Crippen LogP contribution in [0.3, 0.4) is 0 Å². The number of nitrogens with zero attached hydrogens (tertiary/aromatic N) is 3. The Kier molecular flexibility index (Phi) is 11.8. The summed E-state index contributed by atoms with van der Waals surface area (Å²) in [5.41, 5.74) is 2.07. The molecule has 1 aliphatic rings. The van der Waals surface area contributed by atoms with Gasteiger partial charge in [-0.1, -0.05) is 48.0 Å². The summed E-state index contributed by atoms with van der Waals surface area (Å²) in [6.07, 6.45) is 2.57. The molecule has 2 heterocycles. The van der Waals surface area contributed by atoms with Gasteiger partial charge in [0.05, 0.1) is 25.7 Å². The molecule has 0 radical (unpaired) electrons. The van der Waals surface area contributed by atoms with Gasteiger partial charge in [0.2, 0.25) is 5.91 Å². The minimum absolute atomic E-state index is 0. The maximum atomic E-state index is 13.2. The molecule has 2 N–H and O–H groups in total. The van der Waals surface area contributed by atoms with Crippen molar-refractivity contribution in [2.45, 2.75) is 19.3 Å². The van der Waals surface area contributed by atoms with Crippen molar-refractivity contribution < 1.29 is 9.53 Å². The van der Waals surface area contributed by atoms with E-state index in [4.69, 9.17) is 21.3 Å². The third-order valence-corrected chi connectivity index (χ3v) is 5.32. The molecule has 9 heteroatoms. The second-order valence-corrected chi connectivity index (χ2v) is 7.67. The van der Waals surface area contributed by atoms with Crippen LogP contribution in [-0.2, 0) is 16.0 Å². The molecule has 2 aromatic rings. The van der Waals surface area contributed by atoms with Gasteiger partial charge in [-0.15, -0.1) is 24.0 Å². The molecule has 1 aromatic heterocycles. The number of hydrogen-bond donors (Lipinski definition) is 2. The average molecular weight is 572 g/mol. The largest absolute Gasteiger partial charge is 0.378 e. The third-order valence-electron chi connectivity index (χ3n) is 5.09. The molecule has 1 aliphatic heterocycles. The fourth-order valence-electron chi connectivity index (χ4n) is 3.42. The summed E-state index contributed by atoms with van der Waals surface area (Å²) in [6, 6.07) is 13.6.